The zero-order chi connectivity index (χ0) is 15.9. The molecule has 0 unspecified atom stereocenters. The standard InChI is InChI=1S/C15H17NO4S/c1-4-14(2,3)16-21(19,20)12-7-5-11(6-8-12)15(9-10-15)13(17)18/h1,5-8,16H,9-10H2,2-3H3,(H,17,18). The molecule has 112 valence electrons. The molecule has 21 heavy (non-hydrogen) atoms. The van der Waals surface area contributed by atoms with E-state index in [0.717, 1.165) is 0 Å². The van der Waals surface area contributed by atoms with Crippen molar-refractivity contribution in [1.82, 2.24) is 4.72 Å². The fourth-order valence-corrected chi connectivity index (χ4v) is 3.47. The van der Waals surface area contributed by atoms with Crippen molar-refractivity contribution in [3.8, 4) is 12.3 Å². The van der Waals surface area contributed by atoms with Crippen molar-refractivity contribution in [3.05, 3.63) is 29.8 Å². The quantitative estimate of drug-likeness (QED) is 0.807. The molecule has 6 heteroatoms. The minimum atomic E-state index is -3.73. The highest BCUT2D eigenvalue weighted by atomic mass is 32.2. The summed E-state index contributed by atoms with van der Waals surface area (Å²) in [7, 11) is -3.73. The first-order chi connectivity index (χ1) is 9.63. The van der Waals surface area contributed by atoms with Gasteiger partial charge in [-0.05, 0) is 44.4 Å². The van der Waals surface area contributed by atoms with E-state index >= 15 is 0 Å². The van der Waals surface area contributed by atoms with Crippen molar-refractivity contribution in [2.75, 3.05) is 0 Å². The van der Waals surface area contributed by atoms with Crippen molar-refractivity contribution < 1.29 is 18.3 Å². The largest absolute Gasteiger partial charge is 0.481 e. The summed E-state index contributed by atoms with van der Waals surface area (Å²) in [6, 6.07) is 5.93. The summed E-state index contributed by atoms with van der Waals surface area (Å²) in [5.74, 6) is 1.49. The van der Waals surface area contributed by atoms with Crippen LogP contribution in [-0.4, -0.2) is 25.0 Å². The zero-order valence-electron chi connectivity index (χ0n) is 11.9. The van der Waals surface area contributed by atoms with Crippen molar-refractivity contribution in [2.45, 2.75) is 42.5 Å². The van der Waals surface area contributed by atoms with Gasteiger partial charge in [-0.15, -0.1) is 6.42 Å². The highest BCUT2D eigenvalue weighted by molar-refractivity contribution is 7.89. The van der Waals surface area contributed by atoms with Gasteiger partial charge in [-0.3, -0.25) is 4.79 Å². The summed E-state index contributed by atoms with van der Waals surface area (Å²) < 4.78 is 26.8. The zero-order valence-corrected chi connectivity index (χ0v) is 12.7. The van der Waals surface area contributed by atoms with Crippen LogP contribution in [-0.2, 0) is 20.2 Å². The van der Waals surface area contributed by atoms with Gasteiger partial charge in [0.2, 0.25) is 10.0 Å². The molecule has 0 atom stereocenters. The number of hydrogen-bond acceptors (Lipinski definition) is 3. The Morgan fingerprint density at radius 3 is 2.24 bits per heavy atom. The van der Waals surface area contributed by atoms with Crippen molar-refractivity contribution in [1.29, 1.82) is 0 Å². The molecule has 2 rings (SSSR count). The number of nitrogens with one attached hydrogen (secondary N) is 1. The SMILES string of the molecule is C#CC(C)(C)NS(=O)(=O)c1ccc(C2(C(=O)O)CC2)cc1. The highest BCUT2D eigenvalue weighted by Gasteiger charge is 2.51. The number of hydrogen-bond donors (Lipinski definition) is 2. The summed E-state index contributed by atoms with van der Waals surface area (Å²) in [5, 5.41) is 9.22. The lowest BCUT2D eigenvalue weighted by Crippen LogP contribution is -2.41. The lowest BCUT2D eigenvalue weighted by atomic mass is 9.96. The van der Waals surface area contributed by atoms with Crippen LogP contribution in [0.15, 0.2) is 29.2 Å². The molecule has 2 N–H and O–H groups in total. The van der Waals surface area contributed by atoms with Gasteiger partial charge in [-0.1, -0.05) is 18.1 Å². The first-order valence-corrected chi connectivity index (χ1v) is 7.97. The molecule has 0 bridgehead atoms. The number of carbonyl (C=O) groups is 1. The Morgan fingerprint density at radius 2 is 1.86 bits per heavy atom. The Labute approximate surface area is 124 Å². The van der Waals surface area contributed by atoms with E-state index in [0.29, 0.717) is 18.4 Å². The summed E-state index contributed by atoms with van der Waals surface area (Å²) in [6.45, 7) is 3.17. The Kier molecular flexibility index (Phi) is 3.60. The van der Waals surface area contributed by atoms with E-state index in [4.69, 9.17) is 6.42 Å². The molecule has 0 amide bonds. The second kappa shape index (κ2) is 4.86. The Bertz CT molecular complexity index is 707. The summed E-state index contributed by atoms with van der Waals surface area (Å²) in [4.78, 5) is 11.3. The monoisotopic (exact) mass is 307 g/mol. The Hall–Kier alpha value is -1.84. The van der Waals surface area contributed by atoms with Crippen LogP contribution in [0.5, 0.6) is 0 Å². The summed E-state index contributed by atoms with van der Waals surface area (Å²) >= 11 is 0. The third-order valence-corrected chi connectivity index (χ3v) is 5.30. The molecule has 0 radical (unpaired) electrons. The van der Waals surface area contributed by atoms with E-state index in [1.165, 1.54) is 12.1 Å². The van der Waals surface area contributed by atoms with Crippen LogP contribution < -0.4 is 4.72 Å². The van der Waals surface area contributed by atoms with Crippen molar-refractivity contribution in [2.24, 2.45) is 0 Å². The minimum Gasteiger partial charge on any atom is -0.481 e. The molecule has 1 aliphatic carbocycles. The van der Waals surface area contributed by atoms with Crippen LogP contribution >= 0.6 is 0 Å². The molecule has 0 aliphatic heterocycles. The average Bonchev–Trinajstić information content (AvgIpc) is 3.19. The normalized spacial score (nSPS) is 17.0. The Balaban J connectivity index is 2.28. The van der Waals surface area contributed by atoms with Crippen LogP contribution in [0.25, 0.3) is 0 Å². The van der Waals surface area contributed by atoms with Crippen molar-refractivity contribution in [3.63, 3.8) is 0 Å². The molecule has 0 heterocycles. The lowest BCUT2D eigenvalue weighted by molar-refractivity contribution is -0.140. The number of carboxylic acid groups (broad SMARTS) is 1. The van der Waals surface area contributed by atoms with Crippen LogP contribution in [0.3, 0.4) is 0 Å². The van der Waals surface area contributed by atoms with E-state index in [9.17, 15) is 18.3 Å². The molecule has 0 spiro atoms. The summed E-state index contributed by atoms with van der Waals surface area (Å²) in [5.41, 5.74) is -1.20. The number of aliphatic carboxylic acids is 1. The van der Waals surface area contributed by atoms with Gasteiger partial charge >= 0.3 is 5.97 Å². The number of carboxylic acids is 1. The smallest absolute Gasteiger partial charge is 0.314 e. The molecule has 0 saturated heterocycles. The molecule has 1 aromatic rings. The molecular weight excluding hydrogens is 290 g/mol. The van der Waals surface area contributed by atoms with E-state index in [1.807, 2.05) is 0 Å². The van der Waals surface area contributed by atoms with E-state index in [-0.39, 0.29) is 4.90 Å². The summed E-state index contributed by atoms with van der Waals surface area (Å²) in [6.07, 6.45) is 6.43. The van der Waals surface area contributed by atoms with Crippen LogP contribution in [0.2, 0.25) is 0 Å². The van der Waals surface area contributed by atoms with Crippen molar-refractivity contribution >= 4 is 16.0 Å². The molecule has 1 saturated carbocycles. The second-order valence-electron chi connectivity index (χ2n) is 5.79. The molecule has 1 aromatic carbocycles. The third kappa shape index (κ3) is 2.94. The molecule has 1 aliphatic rings. The lowest BCUT2D eigenvalue weighted by Gasteiger charge is -2.19. The number of terminal acetylenes is 1. The molecule has 5 nitrogen and oxygen atoms in total. The van der Waals surface area contributed by atoms with Crippen LogP contribution in [0, 0.1) is 12.3 Å². The molecule has 0 aromatic heterocycles. The maximum Gasteiger partial charge on any atom is 0.314 e. The fourth-order valence-electron chi connectivity index (χ4n) is 2.13. The van der Waals surface area contributed by atoms with Gasteiger partial charge in [-0.2, -0.15) is 4.72 Å². The average molecular weight is 307 g/mol. The van der Waals surface area contributed by atoms with Gasteiger partial charge in [0.25, 0.3) is 0 Å². The predicted molar refractivity (Wildman–Crippen MR) is 78.2 cm³/mol. The first kappa shape index (κ1) is 15.5. The number of sulfonamides is 1. The first-order valence-electron chi connectivity index (χ1n) is 6.49. The maximum absolute atomic E-state index is 12.2. The van der Waals surface area contributed by atoms with Gasteiger partial charge in [0.05, 0.1) is 15.8 Å². The van der Waals surface area contributed by atoms with Gasteiger partial charge < -0.3 is 5.11 Å². The fraction of sp³-hybridized carbons (Fsp3) is 0.400. The minimum absolute atomic E-state index is 0.0655. The van der Waals surface area contributed by atoms with Gasteiger partial charge in [-0.25, -0.2) is 8.42 Å². The predicted octanol–water partition coefficient (Wildman–Crippen LogP) is 1.49. The van der Waals surface area contributed by atoms with E-state index in [2.05, 4.69) is 10.6 Å². The van der Waals surface area contributed by atoms with Gasteiger partial charge in [0, 0.05) is 0 Å². The second-order valence-corrected chi connectivity index (χ2v) is 7.47. The highest BCUT2D eigenvalue weighted by Crippen LogP contribution is 2.48. The van der Waals surface area contributed by atoms with Crippen LogP contribution in [0.4, 0.5) is 0 Å². The molecular formula is C15H17NO4S. The topological polar surface area (TPSA) is 83.5 Å². The van der Waals surface area contributed by atoms with E-state index in [1.54, 1.807) is 26.0 Å². The van der Waals surface area contributed by atoms with Crippen LogP contribution in [0.1, 0.15) is 32.3 Å². The third-order valence-electron chi connectivity index (χ3n) is 3.63. The number of rotatable bonds is 5. The maximum atomic E-state index is 12.2. The van der Waals surface area contributed by atoms with Gasteiger partial charge in [0.15, 0.2) is 0 Å². The van der Waals surface area contributed by atoms with Gasteiger partial charge in [0.1, 0.15) is 0 Å². The Morgan fingerprint density at radius 1 is 1.33 bits per heavy atom. The molecule has 1 fully saturated rings. The van der Waals surface area contributed by atoms with E-state index < -0.39 is 26.9 Å². The number of benzene rings is 1.